The monoisotopic (exact) mass is 370 g/mol. The van der Waals surface area contributed by atoms with Gasteiger partial charge in [-0.2, -0.15) is 4.31 Å². The molecule has 140 valence electrons. The Hall–Kier alpha value is -1.38. The van der Waals surface area contributed by atoms with Crippen LogP contribution in [0.3, 0.4) is 0 Å². The third kappa shape index (κ3) is 3.75. The topological polar surface area (TPSA) is 88.8 Å². The van der Waals surface area contributed by atoms with Crippen molar-refractivity contribution in [2.45, 2.75) is 50.5 Å². The number of rotatable bonds is 6. The number of hydrogen-bond acceptors (Lipinski definition) is 6. The first-order chi connectivity index (χ1) is 11.8. The van der Waals surface area contributed by atoms with E-state index >= 15 is 0 Å². The van der Waals surface area contributed by atoms with Gasteiger partial charge in [0.15, 0.2) is 0 Å². The van der Waals surface area contributed by atoms with E-state index in [0.29, 0.717) is 19.1 Å². The van der Waals surface area contributed by atoms with Gasteiger partial charge in [-0.3, -0.25) is 0 Å². The zero-order valence-electron chi connectivity index (χ0n) is 15.0. The summed E-state index contributed by atoms with van der Waals surface area (Å²) < 4.78 is 37.8. The molecule has 0 aromatic carbocycles. The second-order valence-corrected chi connectivity index (χ2v) is 8.81. The quantitative estimate of drug-likeness (QED) is 0.769. The highest BCUT2D eigenvalue weighted by Gasteiger charge is 2.37. The lowest BCUT2D eigenvalue weighted by molar-refractivity contribution is 0.0594. The fraction of sp³-hybridized carbons (Fsp3) is 0.706. The number of carbonyl (C=O) groups excluding carboxylic acids is 1. The van der Waals surface area contributed by atoms with Crippen LogP contribution in [0.4, 0.5) is 0 Å². The minimum atomic E-state index is -3.79. The predicted octanol–water partition coefficient (Wildman–Crippen LogP) is 1.84. The summed E-state index contributed by atoms with van der Waals surface area (Å²) in [6, 6.07) is 0.360. The van der Waals surface area contributed by atoms with Crippen LogP contribution in [0.15, 0.2) is 9.31 Å². The molecule has 1 aliphatic heterocycles. The summed E-state index contributed by atoms with van der Waals surface area (Å²) in [6.07, 6.45) is 4.15. The molecule has 0 bridgehead atoms. The fourth-order valence-corrected chi connectivity index (χ4v) is 5.24. The van der Waals surface area contributed by atoms with E-state index in [1.54, 1.807) is 13.8 Å². The Morgan fingerprint density at radius 3 is 2.40 bits per heavy atom. The summed E-state index contributed by atoms with van der Waals surface area (Å²) >= 11 is 0. The van der Waals surface area contributed by atoms with Crippen molar-refractivity contribution in [3.05, 3.63) is 17.1 Å². The van der Waals surface area contributed by atoms with Gasteiger partial charge in [0.1, 0.15) is 22.0 Å². The molecule has 0 atom stereocenters. The van der Waals surface area contributed by atoms with Gasteiger partial charge in [-0.25, -0.2) is 13.2 Å². The highest BCUT2D eigenvalue weighted by atomic mass is 32.2. The number of sulfonamides is 1. The maximum Gasteiger partial charge on any atom is 0.342 e. The van der Waals surface area contributed by atoms with E-state index in [-0.39, 0.29) is 22.0 Å². The minimum absolute atomic E-state index is 0.00832. The predicted molar refractivity (Wildman–Crippen MR) is 92.0 cm³/mol. The van der Waals surface area contributed by atoms with Gasteiger partial charge in [0.05, 0.1) is 7.11 Å². The third-order valence-corrected chi connectivity index (χ3v) is 7.09. The molecule has 1 aromatic heterocycles. The number of furan rings is 1. The summed E-state index contributed by atoms with van der Waals surface area (Å²) in [6.45, 7) is 5.05. The number of nitrogens with one attached hydrogen (secondary N) is 1. The van der Waals surface area contributed by atoms with Gasteiger partial charge < -0.3 is 14.5 Å². The molecular weight excluding hydrogens is 344 g/mol. The molecule has 0 amide bonds. The highest BCUT2D eigenvalue weighted by molar-refractivity contribution is 7.89. The first kappa shape index (κ1) is 18.4. The van der Waals surface area contributed by atoms with Crippen LogP contribution in [0.25, 0.3) is 0 Å². The molecule has 7 nitrogen and oxygen atoms in total. The highest BCUT2D eigenvalue weighted by Crippen LogP contribution is 2.32. The van der Waals surface area contributed by atoms with Gasteiger partial charge >= 0.3 is 5.97 Å². The van der Waals surface area contributed by atoms with Crippen LogP contribution in [0.1, 0.15) is 47.6 Å². The van der Waals surface area contributed by atoms with Crippen LogP contribution in [0.2, 0.25) is 0 Å². The molecule has 2 aliphatic rings. The van der Waals surface area contributed by atoms with Crippen LogP contribution in [0, 0.1) is 19.8 Å². The molecule has 0 radical (unpaired) electrons. The lowest BCUT2D eigenvalue weighted by Crippen LogP contribution is -2.45. The Bertz CT molecular complexity index is 743. The van der Waals surface area contributed by atoms with Gasteiger partial charge in [0.2, 0.25) is 10.0 Å². The van der Waals surface area contributed by atoms with Crippen molar-refractivity contribution in [3.8, 4) is 0 Å². The van der Waals surface area contributed by atoms with Gasteiger partial charge in [-0.15, -0.1) is 0 Å². The number of ether oxygens (including phenoxy) is 1. The fourth-order valence-electron chi connectivity index (χ4n) is 3.40. The molecule has 0 spiro atoms. The number of hydrogen-bond donors (Lipinski definition) is 1. The first-order valence-corrected chi connectivity index (χ1v) is 10.2. The second kappa shape index (κ2) is 7.09. The van der Waals surface area contributed by atoms with Crippen molar-refractivity contribution >= 4 is 16.0 Å². The minimum Gasteiger partial charge on any atom is -0.465 e. The Balaban J connectivity index is 1.75. The van der Waals surface area contributed by atoms with Crippen LogP contribution in [0.5, 0.6) is 0 Å². The maximum atomic E-state index is 13.1. The van der Waals surface area contributed by atoms with Gasteiger partial charge in [0, 0.05) is 19.1 Å². The summed E-state index contributed by atoms with van der Waals surface area (Å²) in [7, 11) is -2.56. The maximum absolute atomic E-state index is 13.1. The molecule has 25 heavy (non-hydrogen) atoms. The molecular formula is C17H26N2O5S. The number of esters is 1. The zero-order valence-corrected chi connectivity index (χ0v) is 15.8. The van der Waals surface area contributed by atoms with E-state index < -0.39 is 16.0 Å². The van der Waals surface area contributed by atoms with Gasteiger partial charge in [0.25, 0.3) is 0 Å². The molecule has 1 N–H and O–H groups in total. The Kier molecular flexibility index (Phi) is 5.22. The molecule has 8 heteroatoms. The smallest absolute Gasteiger partial charge is 0.342 e. The van der Waals surface area contributed by atoms with Crippen LogP contribution in [-0.2, 0) is 14.8 Å². The Labute approximate surface area is 148 Å². The number of carbonyl (C=O) groups is 1. The Morgan fingerprint density at radius 2 is 1.84 bits per heavy atom. The third-order valence-electron chi connectivity index (χ3n) is 5.04. The van der Waals surface area contributed by atoms with Crippen molar-refractivity contribution in [3.63, 3.8) is 0 Å². The van der Waals surface area contributed by atoms with Gasteiger partial charge in [-0.05, 0) is 52.0 Å². The lowest BCUT2D eigenvalue weighted by atomic mass is 10.1. The summed E-state index contributed by atoms with van der Waals surface area (Å²) in [5, 5.41) is 3.54. The Morgan fingerprint density at radius 1 is 1.20 bits per heavy atom. The summed E-state index contributed by atoms with van der Waals surface area (Å²) in [4.78, 5) is 12.0. The molecule has 0 unspecified atom stereocenters. The number of piperidine rings is 1. The van der Waals surface area contributed by atoms with Crippen molar-refractivity contribution < 1.29 is 22.4 Å². The molecule has 2 fully saturated rings. The second-order valence-electron chi connectivity index (χ2n) is 6.94. The van der Waals surface area contributed by atoms with E-state index in [9.17, 15) is 13.2 Å². The molecule has 1 aromatic rings. The lowest BCUT2D eigenvalue weighted by Gasteiger charge is -2.31. The normalized spacial score (nSPS) is 20.0. The summed E-state index contributed by atoms with van der Waals surface area (Å²) in [5.41, 5.74) is 0.00832. The average Bonchev–Trinajstić information content (AvgIpc) is 3.36. The SMILES string of the molecule is COC(=O)c1c(C)oc(C)c1S(=O)(=O)N1CCC(NCC2CC2)CC1. The average molecular weight is 370 g/mol. The van der Waals surface area contributed by atoms with Gasteiger partial charge in [-0.1, -0.05) is 0 Å². The zero-order chi connectivity index (χ0) is 18.2. The van der Waals surface area contributed by atoms with Crippen LogP contribution < -0.4 is 5.32 Å². The standard InChI is InChI=1S/C17H26N2O5S/c1-11-15(17(20)23-3)16(12(2)24-11)25(21,22)19-8-6-14(7-9-19)18-10-13-4-5-13/h13-14,18H,4-10H2,1-3H3. The van der Waals surface area contributed by atoms with Crippen molar-refractivity contribution in [1.82, 2.24) is 9.62 Å². The number of methoxy groups -OCH3 is 1. The largest absolute Gasteiger partial charge is 0.465 e. The van der Waals surface area contributed by atoms with E-state index in [2.05, 4.69) is 5.32 Å². The number of nitrogens with zero attached hydrogens (tertiary/aromatic N) is 1. The number of aryl methyl sites for hydroxylation is 2. The van der Waals surface area contributed by atoms with E-state index in [1.807, 2.05) is 0 Å². The molecule has 1 aliphatic carbocycles. The van der Waals surface area contributed by atoms with Crippen LogP contribution in [-0.4, -0.2) is 51.5 Å². The molecule has 1 saturated carbocycles. The molecule has 2 heterocycles. The van der Waals surface area contributed by atoms with E-state index in [4.69, 9.17) is 9.15 Å². The summed E-state index contributed by atoms with van der Waals surface area (Å²) in [5.74, 6) is 0.616. The van der Waals surface area contributed by atoms with Crippen molar-refractivity contribution in [2.24, 2.45) is 5.92 Å². The van der Waals surface area contributed by atoms with E-state index in [0.717, 1.165) is 25.3 Å². The van der Waals surface area contributed by atoms with E-state index in [1.165, 1.54) is 24.3 Å². The van der Waals surface area contributed by atoms with Crippen LogP contribution >= 0.6 is 0 Å². The van der Waals surface area contributed by atoms with Crippen molar-refractivity contribution in [2.75, 3.05) is 26.7 Å². The molecule has 3 rings (SSSR count). The first-order valence-electron chi connectivity index (χ1n) is 8.76. The molecule has 1 saturated heterocycles. The van der Waals surface area contributed by atoms with Crippen molar-refractivity contribution in [1.29, 1.82) is 0 Å².